The van der Waals surface area contributed by atoms with Gasteiger partial charge in [0.25, 0.3) is 0 Å². The number of amides is 1. The summed E-state index contributed by atoms with van der Waals surface area (Å²) in [5, 5.41) is 0. The second kappa shape index (κ2) is 4.05. The van der Waals surface area contributed by atoms with E-state index in [9.17, 15) is 9.59 Å². The molecule has 84 valence electrons. The molecule has 0 fully saturated rings. The zero-order valence-electron chi connectivity index (χ0n) is 8.65. The van der Waals surface area contributed by atoms with Crippen LogP contribution in [0.5, 0.6) is 0 Å². The summed E-state index contributed by atoms with van der Waals surface area (Å²) in [6, 6.07) is 5.27. The van der Waals surface area contributed by atoms with E-state index in [1.165, 1.54) is 4.90 Å². The summed E-state index contributed by atoms with van der Waals surface area (Å²) in [6.07, 6.45) is 0. The third-order valence-electron chi connectivity index (χ3n) is 2.40. The molecule has 1 heterocycles. The van der Waals surface area contributed by atoms with Gasteiger partial charge in [-0.1, -0.05) is 0 Å². The molecule has 0 saturated carbocycles. The Morgan fingerprint density at radius 2 is 2.06 bits per heavy atom. The van der Waals surface area contributed by atoms with Gasteiger partial charge in [-0.25, -0.2) is 4.79 Å². The Balaban J connectivity index is 2.46. The van der Waals surface area contributed by atoms with Gasteiger partial charge in [-0.3, -0.25) is 4.79 Å². The third kappa shape index (κ3) is 1.83. The summed E-state index contributed by atoms with van der Waals surface area (Å²) in [7, 11) is 1.67. The molecule has 2 rings (SSSR count). The number of carbonyl (C=O) groups is 1. The molecule has 0 atom stereocenters. The second-order valence-electron chi connectivity index (χ2n) is 3.42. The summed E-state index contributed by atoms with van der Waals surface area (Å²) < 4.78 is 0. The molecule has 1 amide bonds. The monoisotopic (exact) mass is 237 g/mol. The minimum absolute atomic E-state index is 0.0967. The molecule has 0 radical (unpaired) electrons. The van der Waals surface area contributed by atoms with Crippen LogP contribution in [0.1, 0.15) is 0 Å². The van der Waals surface area contributed by atoms with E-state index in [2.05, 4.69) is 22.6 Å². The number of fused-ring (bicyclic) bond motifs is 1. The number of nitrogens with one attached hydrogen (secondary N) is 2. The number of nitrogens with zero attached hydrogens (tertiary/aromatic N) is 1. The molecule has 0 saturated heterocycles. The van der Waals surface area contributed by atoms with E-state index in [1.807, 2.05) is 0 Å². The summed E-state index contributed by atoms with van der Waals surface area (Å²) in [6.45, 7) is 0. The fraction of sp³-hybridized carbons (Fsp3) is 0.200. The molecule has 1 aromatic carbocycles. The van der Waals surface area contributed by atoms with E-state index in [-0.39, 0.29) is 17.3 Å². The lowest BCUT2D eigenvalue weighted by molar-refractivity contribution is -0.115. The summed E-state index contributed by atoms with van der Waals surface area (Å²) >= 11 is 3.93. The highest BCUT2D eigenvalue weighted by atomic mass is 32.1. The molecular formula is C10H11N3O2S. The highest BCUT2D eigenvalue weighted by molar-refractivity contribution is 7.81. The smallest absolute Gasteiger partial charge is 0.315 e. The van der Waals surface area contributed by atoms with Crippen LogP contribution in [-0.2, 0) is 4.79 Å². The summed E-state index contributed by atoms with van der Waals surface area (Å²) in [5.41, 5.74) is 1.87. The van der Waals surface area contributed by atoms with Crippen LogP contribution in [0, 0.1) is 0 Å². The minimum atomic E-state index is -0.254. The lowest BCUT2D eigenvalue weighted by atomic mass is 10.2. The Labute approximate surface area is 96.9 Å². The fourth-order valence-corrected chi connectivity index (χ4v) is 1.69. The van der Waals surface area contributed by atoms with E-state index >= 15 is 0 Å². The van der Waals surface area contributed by atoms with Gasteiger partial charge in [0.2, 0.25) is 5.91 Å². The van der Waals surface area contributed by atoms with Gasteiger partial charge in [0, 0.05) is 12.7 Å². The van der Waals surface area contributed by atoms with Crippen molar-refractivity contribution >= 4 is 35.3 Å². The first kappa shape index (κ1) is 10.8. The molecule has 5 nitrogen and oxygen atoms in total. The predicted octanol–water partition coefficient (Wildman–Crippen LogP) is 0.749. The Kier molecular flexibility index (Phi) is 2.74. The largest absolute Gasteiger partial charge is 0.323 e. The first-order chi connectivity index (χ1) is 7.61. The lowest BCUT2D eigenvalue weighted by Gasteiger charge is -2.15. The zero-order chi connectivity index (χ0) is 11.7. The van der Waals surface area contributed by atoms with Crippen molar-refractivity contribution in [3.05, 3.63) is 28.7 Å². The van der Waals surface area contributed by atoms with Gasteiger partial charge in [-0.2, -0.15) is 12.6 Å². The highest BCUT2D eigenvalue weighted by Gasteiger charge is 2.09. The van der Waals surface area contributed by atoms with Crippen LogP contribution in [0.4, 0.5) is 5.69 Å². The number of carbonyl (C=O) groups excluding carboxylic acids is 1. The van der Waals surface area contributed by atoms with Crippen molar-refractivity contribution in [2.45, 2.75) is 0 Å². The van der Waals surface area contributed by atoms with Gasteiger partial charge >= 0.3 is 5.69 Å². The molecule has 16 heavy (non-hydrogen) atoms. The minimum Gasteiger partial charge on any atom is -0.315 e. The average molecular weight is 237 g/mol. The fourth-order valence-electron chi connectivity index (χ4n) is 1.48. The topological polar surface area (TPSA) is 69.0 Å². The number of hydrogen-bond acceptors (Lipinski definition) is 3. The Morgan fingerprint density at radius 1 is 1.38 bits per heavy atom. The van der Waals surface area contributed by atoms with Crippen LogP contribution in [0.15, 0.2) is 23.0 Å². The maximum absolute atomic E-state index is 11.4. The van der Waals surface area contributed by atoms with Gasteiger partial charge in [-0.05, 0) is 18.2 Å². The van der Waals surface area contributed by atoms with Gasteiger partial charge in [-0.15, -0.1) is 0 Å². The average Bonchev–Trinajstić information content (AvgIpc) is 2.65. The molecule has 0 unspecified atom stereocenters. The SMILES string of the molecule is CN(C(=O)CS)c1ccc2[nH]c(=O)[nH]c2c1. The van der Waals surface area contributed by atoms with Crippen molar-refractivity contribution in [1.82, 2.24) is 9.97 Å². The molecule has 0 bridgehead atoms. The van der Waals surface area contributed by atoms with Crippen molar-refractivity contribution in [2.24, 2.45) is 0 Å². The number of thiol groups is 1. The van der Waals surface area contributed by atoms with Crippen LogP contribution in [0.2, 0.25) is 0 Å². The third-order valence-corrected chi connectivity index (χ3v) is 2.67. The van der Waals surface area contributed by atoms with Gasteiger partial charge in [0.1, 0.15) is 0 Å². The lowest BCUT2D eigenvalue weighted by Crippen LogP contribution is -2.27. The number of rotatable bonds is 2. The first-order valence-electron chi connectivity index (χ1n) is 4.71. The van der Waals surface area contributed by atoms with E-state index in [4.69, 9.17) is 0 Å². The molecule has 0 spiro atoms. The zero-order valence-corrected chi connectivity index (χ0v) is 9.54. The van der Waals surface area contributed by atoms with Crippen LogP contribution in [-0.4, -0.2) is 28.7 Å². The Hall–Kier alpha value is -1.69. The maximum atomic E-state index is 11.4. The number of anilines is 1. The van der Waals surface area contributed by atoms with E-state index in [0.29, 0.717) is 5.52 Å². The molecule has 6 heteroatoms. The number of imidazole rings is 1. The highest BCUT2D eigenvalue weighted by Crippen LogP contribution is 2.18. The molecule has 0 aliphatic rings. The van der Waals surface area contributed by atoms with Crippen LogP contribution < -0.4 is 10.6 Å². The number of hydrogen-bond donors (Lipinski definition) is 3. The van der Waals surface area contributed by atoms with Crippen molar-refractivity contribution in [3.63, 3.8) is 0 Å². The van der Waals surface area contributed by atoms with Crippen LogP contribution in [0.3, 0.4) is 0 Å². The molecular weight excluding hydrogens is 226 g/mol. The van der Waals surface area contributed by atoms with Gasteiger partial charge in [0.15, 0.2) is 0 Å². The standard InChI is InChI=1S/C10H11N3O2S/c1-13(9(14)5-16)6-2-3-7-8(4-6)12-10(15)11-7/h2-4,16H,5H2,1H3,(H2,11,12,15). The maximum Gasteiger partial charge on any atom is 0.323 e. The summed E-state index contributed by atoms with van der Waals surface area (Å²) in [5.74, 6) is 0.0543. The molecule has 0 aliphatic heterocycles. The molecule has 2 N–H and O–H groups in total. The van der Waals surface area contributed by atoms with Gasteiger partial charge < -0.3 is 14.9 Å². The number of H-pyrrole nitrogens is 2. The number of aromatic amines is 2. The number of aromatic nitrogens is 2. The molecule has 0 aliphatic carbocycles. The number of benzene rings is 1. The summed E-state index contributed by atoms with van der Waals surface area (Å²) in [4.78, 5) is 29.3. The molecule has 2 aromatic rings. The quantitative estimate of drug-likeness (QED) is 0.675. The molecule has 1 aromatic heterocycles. The van der Waals surface area contributed by atoms with E-state index in [1.54, 1.807) is 25.2 Å². The van der Waals surface area contributed by atoms with E-state index in [0.717, 1.165) is 11.2 Å². The van der Waals surface area contributed by atoms with E-state index < -0.39 is 0 Å². The van der Waals surface area contributed by atoms with Gasteiger partial charge in [0.05, 0.1) is 16.8 Å². The van der Waals surface area contributed by atoms with Crippen LogP contribution in [0.25, 0.3) is 11.0 Å². The Morgan fingerprint density at radius 3 is 2.75 bits per heavy atom. The van der Waals surface area contributed by atoms with Crippen molar-refractivity contribution < 1.29 is 4.79 Å². The van der Waals surface area contributed by atoms with Crippen molar-refractivity contribution in [1.29, 1.82) is 0 Å². The predicted molar refractivity (Wildman–Crippen MR) is 66.2 cm³/mol. The second-order valence-corrected chi connectivity index (χ2v) is 3.74. The van der Waals surface area contributed by atoms with Crippen molar-refractivity contribution in [2.75, 3.05) is 17.7 Å². The Bertz CT molecular complexity index is 587. The normalized spacial score (nSPS) is 10.6. The first-order valence-corrected chi connectivity index (χ1v) is 5.34. The van der Waals surface area contributed by atoms with Crippen LogP contribution >= 0.6 is 12.6 Å². The van der Waals surface area contributed by atoms with Crippen molar-refractivity contribution in [3.8, 4) is 0 Å².